The van der Waals surface area contributed by atoms with E-state index in [1.54, 1.807) is 0 Å². The molecule has 2 N–H and O–H groups in total. The van der Waals surface area contributed by atoms with Gasteiger partial charge in [0.05, 0.1) is 16.0 Å². The van der Waals surface area contributed by atoms with Crippen LogP contribution in [0.2, 0.25) is 0 Å². The average Bonchev–Trinajstić information content (AvgIpc) is 2.36. The predicted octanol–water partition coefficient (Wildman–Crippen LogP) is 1.54. The van der Waals surface area contributed by atoms with Crippen molar-refractivity contribution in [2.45, 2.75) is 0 Å². The monoisotopic (exact) mass is 262 g/mol. The van der Waals surface area contributed by atoms with Crippen molar-refractivity contribution in [1.82, 2.24) is 4.98 Å². The Hall–Kier alpha value is -3.03. The summed E-state index contributed by atoms with van der Waals surface area (Å²) in [6.45, 7) is 0. The Bertz CT molecular complexity index is 724. The number of fused-ring (bicyclic) bond motifs is 1. The molecular weight excluding hydrogens is 256 g/mol. The van der Waals surface area contributed by atoms with E-state index in [0.717, 1.165) is 12.1 Å². The van der Waals surface area contributed by atoms with Crippen LogP contribution in [-0.2, 0) is 0 Å². The third kappa shape index (κ3) is 2.18. The maximum Gasteiger partial charge on any atom is 0.355 e. The minimum Gasteiger partial charge on any atom is -0.478 e. The van der Waals surface area contributed by atoms with Gasteiger partial charge in [-0.25, -0.2) is 14.6 Å². The van der Waals surface area contributed by atoms with Crippen LogP contribution in [0.3, 0.4) is 0 Å². The van der Waals surface area contributed by atoms with Crippen LogP contribution < -0.4 is 0 Å². The van der Waals surface area contributed by atoms with Gasteiger partial charge in [0.15, 0.2) is 5.69 Å². The Kier molecular flexibility index (Phi) is 2.83. The highest BCUT2D eigenvalue weighted by atomic mass is 16.6. The molecule has 1 aromatic carbocycles. The maximum absolute atomic E-state index is 11.0. The van der Waals surface area contributed by atoms with Crippen molar-refractivity contribution in [3.8, 4) is 0 Å². The van der Waals surface area contributed by atoms with E-state index >= 15 is 0 Å². The van der Waals surface area contributed by atoms with Crippen LogP contribution in [-0.4, -0.2) is 32.1 Å². The van der Waals surface area contributed by atoms with Crippen molar-refractivity contribution in [2.75, 3.05) is 0 Å². The van der Waals surface area contributed by atoms with Crippen molar-refractivity contribution in [3.05, 3.63) is 45.6 Å². The number of non-ortho nitro benzene ring substituents is 1. The number of hydrogen-bond acceptors (Lipinski definition) is 5. The molecule has 0 bridgehead atoms. The lowest BCUT2D eigenvalue weighted by molar-refractivity contribution is -0.384. The first kappa shape index (κ1) is 12.4. The summed E-state index contributed by atoms with van der Waals surface area (Å²) in [4.78, 5) is 35.5. The first-order chi connectivity index (χ1) is 8.90. The van der Waals surface area contributed by atoms with E-state index in [-0.39, 0.29) is 16.6 Å². The second-order valence-corrected chi connectivity index (χ2v) is 3.63. The summed E-state index contributed by atoms with van der Waals surface area (Å²) >= 11 is 0. The van der Waals surface area contributed by atoms with Gasteiger partial charge in [-0.3, -0.25) is 10.1 Å². The van der Waals surface area contributed by atoms with Crippen LogP contribution in [0.5, 0.6) is 0 Å². The summed E-state index contributed by atoms with van der Waals surface area (Å²) < 4.78 is 0. The Morgan fingerprint density at radius 3 is 2.37 bits per heavy atom. The van der Waals surface area contributed by atoms with Crippen molar-refractivity contribution < 1.29 is 24.7 Å². The molecule has 96 valence electrons. The van der Waals surface area contributed by atoms with E-state index in [2.05, 4.69) is 4.98 Å². The molecule has 1 aromatic heterocycles. The molecule has 8 heteroatoms. The van der Waals surface area contributed by atoms with Crippen LogP contribution in [0.15, 0.2) is 24.3 Å². The number of aromatic carboxylic acids is 2. The number of hydrogen-bond donors (Lipinski definition) is 2. The summed E-state index contributed by atoms with van der Waals surface area (Å²) in [5.41, 5.74) is -1.17. The van der Waals surface area contributed by atoms with E-state index in [0.29, 0.717) is 0 Å². The third-order valence-corrected chi connectivity index (χ3v) is 2.44. The van der Waals surface area contributed by atoms with Crippen LogP contribution in [0, 0.1) is 10.1 Å². The molecule has 0 aliphatic heterocycles. The lowest BCUT2D eigenvalue weighted by atomic mass is 10.1. The van der Waals surface area contributed by atoms with Gasteiger partial charge >= 0.3 is 11.9 Å². The molecule has 0 fully saturated rings. The van der Waals surface area contributed by atoms with Gasteiger partial charge in [0.2, 0.25) is 0 Å². The summed E-state index contributed by atoms with van der Waals surface area (Å²) in [5.74, 6) is -2.93. The van der Waals surface area contributed by atoms with E-state index in [9.17, 15) is 19.7 Å². The molecule has 8 nitrogen and oxygen atoms in total. The molecule has 0 aliphatic rings. The molecule has 0 saturated heterocycles. The van der Waals surface area contributed by atoms with Gasteiger partial charge < -0.3 is 10.2 Å². The van der Waals surface area contributed by atoms with Crippen LogP contribution >= 0.6 is 0 Å². The van der Waals surface area contributed by atoms with Crippen molar-refractivity contribution >= 4 is 28.5 Å². The molecule has 0 radical (unpaired) electrons. The van der Waals surface area contributed by atoms with E-state index in [4.69, 9.17) is 10.2 Å². The summed E-state index contributed by atoms with van der Waals surface area (Å²) in [7, 11) is 0. The summed E-state index contributed by atoms with van der Waals surface area (Å²) in [6, 6.07) is 4.63. The van der Waals surface area contributed by atoms with Gasteiger partial charge in [-0.1, -0.05) is 0 Å². The highest BCUT2D eigenvalue weighted by Crippen LogP contribution is 2.22. The van der Waals surface area contributed by atoms with E-state index in [1.807, 2.05) is 0 Å². The Balaban J connectivity index is 2.77. The Morgan fingerprint density at radius 2 is 1.84 bits per heavy atom. The molecule has 0 atom stereocenters. The molecule has 0 saturated carbocycles. The molecule has 2 rings (SSSR count). The van der Waals surface area contributed by atoms with Crippen molar-refractivity contribution in [3.63, 3.8) is 0 Å². The first-order valence-corrected chi connectivity index (χ1v) is 4.96. The highest BCUT2D eigenvalue weighted by Gasteiger charge is 2.19. The predicted molar refractivity (Wildman–Crippen MR) is 62.3 cm³/mol. The zero-order valence-electron chi connectivity index (χ0n) is 9.23. The van der Waals surface area contributed by atoms with Crippen molar-refractivity contribution in [1.29, 1.82) is 0 Å². The van der Waals surface area contributed by atoms with Crippen LogP contribution in [0.25, 0.3) is 10.9 Å². The van der Waals surface area contributed by atoms with E-state index in [1.165, 1.54) is 12.1 Å². The number of carbonyl (C=O) groups is 2. The number of nitro benzene ring substituents is 1. The average molecular weight is 262 g/mol. The molecule has 2 aromatic rings. The summed E-state index contributed by atoms with van der Waals surface area (Å²) in [6.07, 6.45) is 0. The first-order valence-electron chi connectivity index (χ1n) is 4.96. The second-order valence-electron chi connectivity index (χ2n) is 3.63. The number of aromatic nitrogens is 1. The lowest BCUT2D eigenvalue weighted by Gasteiger charge is -2.03. The standard InChI is InChI=1S/C11H6N2O6/c14-10(15)7-4-5-3-6(13(18)19)1-2-8(5)12-9(7)11(16)17/h1-4H,(H,14,15)(H,16,17). The van der Waals surface area contributed by atoms with E-state index < -0.39 is 28.1 Å². The Labute approximate surface area is 105 Å². The quantitative estimate of drug-likeness (QED) is 0.633. The highest BCUT2D eigenvalue weighted by molar-refractivity contribution is 6.03. The van der Waals surface area contributed by atoms with Crippen molar-refractivity contribution in [2.24, 2.45) is 0 Å². The van der Waals surface area contributed by atoms with Crippen LogP contribution in [0.1, 0.15) is 20.8 Å². The van der Waals surface area contributed by atoms with Gasteiger partial charge in [-0.2, -0.15) is 0 Å². The largest absolute Gasteiger partial charge is 0.478 e. The summed E-state index contributed by atoms with van der Waals surface area (Å²) in [5, 5.41) is 28.6. The fraction of sp³-hybridized carbons (Fsp3) is 0. The third-order valence-electron chi connectivity index (χ3n) is 2.44. The fourth-order valence-electron chi connectivity index (χ4n) is 1.60. The minimum atomic E-state index is -1.47. The molecule has 0 spiro atoms. The second kappa shape index (κ2) is 4.33. The topological polar surface area (TPSA) is 131 Å². The maximum atomic E-state index is 11.0. The normalized spacial score (nSPS) is 10.3. The smallest absolute Gasteiger partial charge is 0.355 e. The molecular formula is C11H6N2O6. The zero-order chi connectivity index (χ0) is 14.2. The molecule has 19 heavy (non-hydrogen) atoms. The van der Waals surface area contributed by atoms with Gasteiger partial charge in [0, 0.05) is 17.5 Å². The van der Waals surface area contributed by atoms with Gasteiger partial charge in [0.1, 0.15) is 0 Å². The van der Waals surface area contributed by atoms with Gasteiger partial charge in [-0.15, -0.1) is 0 Å². The molecule has 1 heterocycles. The molecule has 0 unspecified atom stereocenters. The molecule has 0 aliphatic carbocycles. The number of carboxylic acid groups (broad SMARTS) is 2. The molecule has 0 amide bonds. The SMILES string of the molecule is O=C(O)c1cc2cc([N+](=O)[O-])ccc2nc1C(=O)O. The fourth-order valence-corrected chi connectivity index (χ4v) is 1.60. The van der Waals surface area contributed by atoms with Gasteiger partial charge in [-0.05, 0) is 12.1 Å². The number of nitrogens with zero attached hydrogens (tertiary/aromatic N) is 2. The Morgan fingerprint density at radius 1 is 1.16 bits per heavy atom. The lowest BCUT2D eigenvalue weighted by Crippen LogP contribution is -2.10. The number of carboxylic acids is 2. The minimum absolute atomic E-state index is 0.174. The number of nitro groups is 1. The number of pyridine rings is 1. The van der Waals surface area contributed by atoms with Gasteiger partial charge in [0.25, 0.3) is 5.69 Å². The number of rotatable bonds is 3. The number of benzene rings is 1. The zero-order valence-corrected chi connectivity index (χ0v) is 9.23. The van der Waals surface area contributed by atoms with Crippen LogP contribution in [0.4, 0.5) is 5.69 Å².